The summed E-state index contributed by atoms with van der Waals surface area (Å²) in [6.07, 6.45) is 0. The quantitative estimate of drug-likeness (QED) is 0.130. The van der Waals surface area contributed by atoms with Crippen molar-refractivity contribution in [3.05, 3.63) is 308 Å². The number of benzene rings is 13. The third kappa shape index (κ3) is 7.72. The molecule has 0 aliphatic rings. The predicted octanol–water partition coefficient (Wildman–Crippen LogP) is 18.3. The lowest BCUT2D eigenvalue weighted by molar-refractivity contribution is 1.09. The van der Waals surface area contributed by atoms with Gasteiger partial charge < -0.3 is 0 Å². The summed E-state index contributed by atoms with van der Waals surface area (Å²) in [5.74, 6) is 0. The molecule has 17 rings (SSSR count). The number of nitrogens with zero attached hydrogens (tertiary/aromatic N) is 2. The predicted molar refractivity (Wildman–Crippen MR) is 353 cm³/mol. The highest BCUT2D eigenvalue weighted by Gasteiger charge is 2.22. The molecular formula is C78H50N2O4. The molecule has 0 spiro atoms. The lowest BCUT2D eigenvalue weighted by Crippen LogP contribution is -2.27. The molecule has 6 nitrogen and oxygen atoms in total. The number of rotatable bonds is 4. The molecule has 0 fully saturated rings. The molecule has 0 saturated carbocycles. The van der Waals surface area contributed by atoms with Crippen LogP contribution < -0.4 is 22.2 Å². The summed E-state index contributed by atoms with van der Waals surface area (Å²) < 4.78 is 2.76. The topological polar surface area (TPSA) is 77.1 Å². The van der Waals surface area contributed by atoms with Crippen LogP contribution in [0.2, 0.25) is 0 Å². The molecule has 0 bridgehead atoms. The van der Waals surface area contributed by atoms with Gasteiger partial charge in [-0.15, -0.1) is 0 Å². The van der Waals surface area contributed by atoms with Gasteiger partial charge in [-0.2, -0.15) is 0 Å². The van der Waals surface area contributed by atoms with Gasteiger partial charge in [-0.3, -0.25) is 19.2 Å². The second-order valence-electron chi connectivity index (χ2n) is 21.3. The van der Waals surface area contributed by atoms with Gasteiger partial charge in [0.1, 0.15) is 0 Å². The molecule has 6 heteroatoms. The molecule has 0 radical (unpaired) electrons. The van der Waals surface area contributed by atoms with Crippen molar-refractivity contribution in [3.63, 3.8) is 0 Å². The fourth-order valence-corrected chi connectivity index (χ4v) is 13.0. The van der Waals surface area contributed by atoms with Crippen LogP contribution in [0.5, 0.6) is 0 Å². The fraction of sp³-hybridized carbons (Fsp3) is 0.0256. The molecule has 17 aromatic rings. The van der Waals surface area contributed by atoms with Crippen molar-refractivity contribution < 1.29 is 0 Å². The highest BCUT2D eigenvalue weighted by Crippen LogP contribution is 2.41. The summed E-state index contributed by atoms with van der Waals surface area (Å²) in [6.45, 7) is 4.00. The van der Waals surface area contributed by atoms with E-state index in [2.05, 4.69) is 140 Å². The van der Waals surface area contributed by atoms with Crippen LogP contribution in [0.4, 0.5) is 0 Å². The summed E-state index contributed by atoms with van der Waals surface area (Å²) in [7, 11) is 0. The van der Waals surface area contributed by atoms with Crippen molar-refractivity contribution in [2.45, 2.75) is 13.8 Å². The van der Waals surface area contributed by atoms with Gasteiger partial charge in [0.2, 0.25) is 0 Å². The first-order valence-corrected chi connectivity index (χ1v) is 28.5. The standard InChI is InChI=1S/C38H21NO2.C38H23NO2.C2H6/c40-37-31-15-7-5-13-28(31)34-20-23(21-35-29-14-6-8-16-32(29)38(41)39(37)36(34)35)22-17-18-30-26-11-2-1-9-24(26)25-10-3-4-12-27(25)33(30)19-22;40-37-30-18-16-27(24-10-4-1-5-11-24)20-32(30)34-22-29(26-14-8-3-9-15-26)23-35-33-21-28(25-12-6-2-7-13-25)17-19-31(33)38(41)39(37)36(34)35;1-2/h1-21H;1-23H;1-2H3. The minimum atomic E-state index is -0.288. The van der Waals surface area contributed by atoms with Gasteiger partial charge >= 0.3 is 0 Å². The normalized spacial score (nSPS) is 11.6. The number of hydrogen-bond acceptors (Lipinski definition) is 4. The zero-order chi connectivity index (χ0) is 56.7. The van der Waals surface area contributed by atoms with E-state index in [1.807, 2.05) is 141 Å². The molecule has 0 aliphatic carbocycles. The van der Waals surface area contributed by atoms with E-state index in [1.54, 1.807) is 0 Å². The molecule has 0 unspecified atom stereocenters. The third-order valence-corrected chi connectivity index (χ3v) is 16.9. The Hall–Kier alpha value is -11.1. The number of aromatic nitrogens is 2. The van der Waals surface area contributed by atoms with Crippen LogP contribution in [-0.4, -0.2) is 8.80 Å². The van der Waals surface area contributed by atoms with E-state index >= 15 is 0 Å². The summed E-state index contributed by atoms with van der Waals surface area (Å²) in [4.78, 5) is 55.3. The average Bonchev–Trinajstić information content (AvgIpc) is 1.13. The second kappa shape index (κ2) is 19.9. The Morgan fingerprint density at radius 2 is 0.381 bits per heavy atom. The number of fused-ring (bicyclic) bond motifs is 14. The SMILES string of the molecule is CC.O=c1c2ccc(-c3ccccc3)cc2c2cc(-c3ccccc3)cc3c4cc(-c5ccccc5)ccc4c(=O)n1c23.O=c1c2ccccc2c2cc(-c3ccc4c5ccccc5c5ccccc5c4c3)cc3c4ccccc4c(=O)n1c23. The van der Waals surface area contributed by atoms with Crippen LogP contribution in [0.25, 0.3) is 152 Å². The van der Waals surface area contributed by atoms with Gasteiger partial charge in [-0.05, 0) is 165 Å². The number of pyridine rings is 4. The van der Waals surface area contributed by atoms with E-state index in [0.29, 0.717) is 32.6 Å². The second-order valence-corrected chi connectivity index (χ2v) is 21.3. The molecule has 84 heavy (non-hydrogen) atoms. The van der Waals surface area contributed by atoms with Gasteiger partial charge in [0.15, 0.2) is 0 Å². The van der Waals surface area contributed by atoms with Crippen molar-refractivity contribution in [1.82, 2.24) is 8.80 Å². The Labute approximate surface area is 480 Å². The maximum Gasteiger partial charge on any atom is 0.266 e. The molecule has 0 N–H and O–H groups in total. The molecule has 13 aromatic carbocycles. The van der Waals surface area contributed by atoms with E-state index in [9.17, 15) is 19.2 Å². The van der Waals surface area contributed by atoms with Crippen molar-refractivity contribution in [1.29, 1.82) is 0 Å². The van der Waals surface area contributed by atoms with Crippen molar-refractivity contribution in [2.75, 3.05) is 0 Å². The Morgan fingerprint density at radius 3 is 0.738 bits per heavy atom. The fourth-order valence-electron chi connectivity index (χ4n) is 13.0. The van der Waals surface area contributed by atoms with Crippen molar-refractivity contribution >= 4 is 108 Å². The van der Waals surface area contributed by atoms with E-state index in [1.165, 1.54) is 41.1 Å². The van der Waals surface area contributed by atoms with E-state index in [-0.39, 0.29) is 22.2 Å². The largest absolute Gasteiger partial charge is 0.268 e. The van der Waals surface area contributed by atoms with Crippen LogP contribution in [0, 0.1) is 0 Å². The lowest BCUT2D eigenvalue weighted by Gasteiger charge is -2.16. The maximum absolute atomic E-state index is 14.0. The smallest absolute Gasteiger partial charge is 0.266 e. The van der Waals surface area contributed by atoms with E-state index in [4.69, 9.17) is 0 Å². The van der Waals surface area contributed by atoms with Gasteiger partial charge in [0, 0.05) is 43.1 Å². The van der Waals surface area contributed by atoms with Gasteiger partial charge in [0.05, 0.1) is 11.0 Å². The molecule has 4 heterocycles. The summed E-state index contributed by atoms with van der Waals surface area (Å²) in [5.41, 5.74) is 8.68. The monoisotopic (exact) mass is 1080 g/mol. The minimum Gasteiger partial charge on any atom is -0.268 e. The van der Waals surface area contributed by atoms with E-state index in [0.717, 1.165) is 87.6 Å². The van der Waals surface area contributed by atoms with Crippen LogP contribution in [0.15, 0.2) is 286 Å². The molecule has 0 amide bonds. The number of hydrogen-bond donors (Lipinski definition) is 0. The Morgan fingerprint density at radius 1 is 0.179 bits per heavy atom. The van der Waals surface area contributed by atoms with Crippen LogP contribution in [-0.2, 0) is 0 Å². The zero-order valence-electron chi connectivity index (χ0n) is 45.9. The summed E-state index contributed by atoms with van der Waals surface area (Å²) in [6, 6.07) is 90.0. The van der Waals surface area contributed by atoms with Gasteiger partial charge in [0.25, 0.3) is 22.2 Å². The van der Waals surface area contributed by atoms with Crippen LogP contribution in [0.3, 0.4) is 0 Å². The Kier molecular flexibility index (Phi) is 11.8. The highest BCUT2D eigenvalue weighted by atomic mass is 16.2. The molecule has 4 aromatic heterocycles. The molecular weight excluding hydrogens is 1030 g/mol. The molecule has 0 aliphatic heterocycles. The minimum absolute atomic E-state index is 0.273. The zero-order valence-corrected chi connectivity index (χ0v) is 45.9. The van der Waals surface area contributed by atoms with E-state index < -0.39 is 0 Å². The van der Waals surface area contributed by atoms with Gasteiger partial charge in [-0.1, -0.05) is 214 Å². The highest BCUT2D eigenvalue weighted by molar-refractivity contribution is 6.26. The first-order valence-electron chi connectivity index (χ1n) is 28.5. The molecule has 396 valence electrons. The van der Waals surface area contributed by atoms with Crippen molar-refractivity contribution in [2.24, 2.45) is 0 Å². The average molecular weight is 1080 g/mol. The van der Waals surface area contributed by atoms with Crippen LogP contribution in [0.1, 0.15) is 13.8 Å². The molecule has 0 saturated heterocycles. The Balaban J connectivity index is 0.000000139. The summed E-state index contributed by atoms with van der Waals surface area (Å²) >= 11 is 0. The Bertz CT molecular complexity index is 5500. The first kappa shape index (κ1) is 49.9. The summed E-state index contributed by atoms with van der Waals surface area (Å²) in [5, 5.41) is 16.5. The lowest BCUT2D eigenvalue weighted by atomic mass is 9.90. The van der Waals surface area contributed by atoms with Gasteiger partial charge in [-0.25, -0.2) is 8.80 Å². The van der Waals surface area contributed by atoms with Crippen LogP contribution >= 0.6 is 0 Å². The van der Waals surface area contributed by atoms with Crippen molar-refractivity contribution in [3.8, 4) is 44.5 Å². The first-order chi connectivity index (χ1) is 41.4. The third-order valence-electron chi connectivity index (χ3n) is 16.9. The maximum atomic E-state index is 14.0. The molecule has 0 atom stereocenters.